The van der Waals surface area contributed by atoms with E-state index in [-0.39, 0.29) is 9.64 Å². The Morgan fingerprint density at radius 3 is 2.50 bits per heavy atom. The molecule has 0 aliphatic heterocycles. The highest BCUT2D eigenvalue weighted by Crippen LogP contribution is 2.24. The highest BCUT2D eigenvalue weighted by atomic mass is 79.9. The highest BCUT2D eigenvalue weighted by Gasteiger charge is 2.22. The molecule has 1 N–H and O–H groups in total. The molecule has 0 aliphatic carbocycles. The van der Waals surface area contributed by atoms with Crippen LogP contribution in [0.4, 0.5) is 0 Å². The first-order valence-electron chi connectivity index (χ1n) is 5.49. The van der Waals surface area contributed by atoms with Crippen molar-refractivity contribution in [3.8, 4) is 0 Å². The number of thioether (sulfide) groups is 1. The summed E-state index contributed by atoms with van der Waals surface area (Å²) in [6.45, 7) is 6.33. The van der Waals surface area contributed by atoms with Gasteiger partial charge in [0, 0.05) is 15.8 Å². The van der Waals surface area contributed by atoms with Crippen molar-refractivity contribution in [1.29, 1.82) is 0 Å². The van der Waals surface area contributed by atoms with Crippen LogP contribution < -0.4 is 4.72 Å². The number of nitrogens with one attached hydrogen (secondary N) is 1. The summed E-state index contributed by atoms with van der Waals surface area (Å²) in [7, 11) is -3.46. The molecule has 0 radical (unpaired) electrons. The molecule has 1 aromatic rings. The standard InChI is InChI=1S/C12H18BrNO2S2/c1-9-5-6-11(10(13)7-9)18(15,16)14-8-12(2,3)17-4/h5-7,14H,8H2,1-4H3. The molecule has 0 aliphatic rings. The smallest absolute Gasteiger partial charge is 0.210 e. The lowest BCUT2D eigenvalue weighted by atomic mass is 10.2. The van der Waals surface area contributed by atoms with Gasteiger partial charge in [0.2, 0.25) is 10.0 Å². The first kappa shape index (κ1) is 16.0. The monoisotopic (exact) mass is 351 g/mol. The summed E-state index contributed by atoms with van der Waals surface area (Å²) in [6, 6.07) is 5.21. The number of benzene rings is 1. The van der Waals surface area contributed by atoms with E-state index in [2.05, 4.69) is 20.7 Å². The minimum absolute atomic E-state index is 0.121. The van der Waals surface area contributed by atoms with Gasteiger partial charge in [-0.05, 0) is 60.7 Å². The Morgan fingerprint density at radius 2 is 2.00 bits per heavy atom. The van der Waals surface area contributed by atoms with Crippen molar-refractivity contribution in [3.05, 3.63) is 28.2 Å². The van der Waals surface area contributed by atoms with E-state index in [9.17, 15) is 8.42 Å². The molecule has 6 heteroatoms. The number of rotatable bonds is 5. The topological polar surface area (TPSA) is 46.2 Å². The zero-order chi connectivity index (χ0) is 14.0. The first-order valence-corrected chi connectivity index (χ1v) is 8.99. The fourth-order valence-electron chi connectivity index (χ4n) is 1.24. The van der Waals surface area contributed by atoms with Gasteiger partial charge in [-0.15, -0.1) is 0 Å². The molecule has 0 unspecified atom stereocenters. The third-order valence-electron chi connectivity index (χ3n) is 2.62. The van der Waals surface area contributed by atoms with Crippen molar-refractivity contribution >= 4 is 37.7 Å². The second kappa shape index (κ2) is 5.94. The second-order valence-corrected chi connectivity index (χ2v) is 8.83. The fraction of sp³-hybridized carbons (Fsp3) is 0.500. The zero-order valence-corrected chi connectivity index (χ0v) is 14.2. The van der Waals surface area contributed by atoms with E-state index in [0.29, 0.717) is 11.0 Å². The van der Waals surface area contributed by atoms with Gasteiger partial charge in [0.25, 0.3) is 0 Å². The Bertz CT molecular complexity index is 527. The molecule has 3 nitrogen and oxygen atoms in total. The molecular weight excluding hydrogens is 334 g/mol. The maximum absolute atomic E-state index is 12.2. The summed E-state index contributed by atoms with van der Waals surface area (Å²) in [6.07, 6.45) is 1.97. The van der Waals surface area contributed by atoms with Crippen molar-refractivity contribution in [2.45, 2.75) is 30.4 Å². The van der Waals surface area contributed by atoms with E-state index >= 15 is 0 Å². The molecule has 0 heterocycles. The Labute approximate surface area is 122 Å². The van der Waals surface area contributed by atoms with Crippen molar-refractivity contribution in [1.82, 2.24) is 4.72 Å². The third-order valence-corrected chi connectivity index (χ3v) is 6.24. The SMILES string of the molecule is CSC(C)(C)CNS(=O)(=O)c1ccc(C)cc1Br. The van der Waals surface area contributed by atoms with Crippen LogP contribution in [0.25, 0.3) is 0 Å². The van der Waals surface area contributed by atoms with Crippen LogP contribution in [0.1, 0.15) is 19.4 Å². The molecule has 0 amide bonds. The van der Waals surface area contributed by atoms with Crippen molar-refractivity contribution in [2.24, 2.45) is 0 Å². The summed E-state index contributed by atoms with van der Waals surface area (Å²) >= 11 is 4.93. The molecule has 0 aromatic heterocycles. The Kier molecular flexibility index (Phi) is 5.29. The van der Waals surface area contributed by atoms with E-state index < -0.39 is 10.0 Å². The summed E-state index contributed by atoms with van der Waals surface area (Å²) < 4.78 is 27.5. The first-order chi connectivity index (χ1) is 8.18. The lowest BCUT2D eigenvalue weighted by Crippen LogP contribution is -2.36. The van der Waals surface area contributed by atoms with Gasteiger partial charge in [-0.25, -0.2) is 13.1 Å². The summed E-state index contributed by atoms with van der Waals surface area (Å²) in [5.41, 5.74) is 1.02. The molecule has 0 bridgehead atoms. The largest absolute Gasteiger partial charge is 0.241 e. The molecule has 0 spiro atoms. The summed E-state index contributed by atoms with van der Waals surface area (Å²) in [5, 5.41) is 0. The average molecular weight is 352 g/mol. The van der Waals surface area contributed by atoms with Gasteiger partial charge in [-0.3, -0.25) is 0 Å². The highest BCUT2D eigenvalue weighted by molar-refractivity contribution is 9.10. The number of aryl methyl sites for hydroxylation is 1. The van der Waals surface area contributed by atoms with Gasteiger partial charge in [-0.2, -0.15) is 11.8 Å². The molecule has 18 heavy (non-hydrogen) atoms. The van der Waals surface area contributed by atoms with Crippen LogP contribution in [0.2, 0.25) is 0 Å². The molecule has 0 fully saturated rings. The van der Waals surface area contributed by atoms with Gasteiger partial charge in [-0.1, -0.05) is 6.07 Å². The average Bonchev–Trinajstić information content (AvgIpc) is 2.26. The van der Waals surface area contributed by atoms with Gasteiger partial charge in [0.05, 0.1) is 4.90 Å². The number of sulfonamides is 1. The lowest BCUT2D eigenvalue weighted by molar-refractivity contribution is 0.570. The van der Waals surface area contributed by atoms with Crippen LogP contribution in [-0.2, 0) is 10.0 Å². The fourth-order valence-corrected chi connectivity index (χ4v) is 3.95. The van der Waals surface area contributed by atoms with E-state index in [1.807, 2.05) is 27.0 Å². The van der Waals surface area contributed by atoms with Crippen LogP contribution in [0.15, 0.2) is 27.6 Å². The second-order valence-electron chi connectivity index (χ2n) is 4.72. The number of hydrogen-bond donors (Lipinski definition) is 1. The lowest BCUT2D eigenvalue weighted by Gasteiger charge is -2.22. The number of halogens is 1. The summed E-state index contributed by atoms with van der Waals surface area (Å²) in [5.74, 6) is 0. The van der Waals surface area contributed by atoms with Crippen molar-refractivity contribution < 1.29 is 8.42 Å². The van der Waals surface area contributed by atoms with E-state index in [1.165, 1.54) is 0 Å². The maximum Gasteiger partial charge on any atom is 0.241 e. The Morgan fingerprint density at radius 1 is 1.39 bits per heavy atom. The quantitative estimate of drug-likeness (QED) is 0.885. The van der Waals surface area contributed by atoms with Crippen LogP contribution in [0.3, 0.4) is 0 Å². The van der Waals surface area contributed by atoms with Crippen LogP contribution in [0.5, 0.6) is 0 Å². The van der Waals surface area contributed by atoms with Crippen molar-refractivity contribution in [2.75, 3.05) is 12.8 Å². The Balaban J connectivity index is 2.94. The predicted octanol–water partition coefficient (Wildman–Crippen LogP) is 3.18. The molecule has 1 rings (SSSR count). The van der Waals surface area contributed by atoms with Gasteiger partial charge >= 0.3 is 0 Å². The van der Waals surface area contributed by atoms with E-state index in [0.717, 1.165) is 5.56 Å². The van der Waals surface area contributed by atoms with Crippen LogP contribution in [0, 0.1) is 6.92 Å². The van der Waals surface area contributed by atoms with Crippen LogP contribution >= 0.6 is 27.7 Å². The third kappa shape index (κ3) is 4.26. The van der Waals surface area contributed by atoms with Crippen LogP contribution in [-0.4, -0.2) is 26.0 Å². The molecule has 1 aromatic carbocycles. The molecule has 0 saturated heterocycles. The maximum atomic E-state index is 12.2. The predicted molar refractivity (Wildman–Crippen MR) is 81.7 cm³/mol. The zero-order valence-electron chi connectivity index (χ0n) is 11.0. The molecule has 0 saturated carbocycles. The van der Waals surface area contributed by atoms with Crippen molar-refractivity contribution in [3.63, 3.8) is 0 Å². The normalized spacial score (nSPS) is 12.7. The van der Waals surface area contributed by atoms with Gasteiger partial charge in [0.15, 0.2) is 0 Å². The minimum Gasteiger partial charge on any atom is -0.210 e. The molecule has 0 atom stereocenters. The Hall–Kier alpha value is -0.0400. The van der Waals surface area contributed by atoms with E-state index in [1.54, 1.807) is 30.0 Å². The minimum atomic E-state index is -3.46. The summed E-state index contributed by atoms with van der Waals surface area (Å²) in [4.78, 5) is 0.282. The van der Waals surface area contributed by atoms with Gasteiger partial charge < -0.3 is 0 Å². The molecule has 102 valence electrons. The number of hydrogen-bond acceptors (Lipinski definition) is 3. The van der Waals surface area contributed by atoms with Gasteiger partial charge in [0.1, 0.15) is 0 Å². The molecular formula is C12H18BrNO2S2. The van der Waals surface area contributed by atoms with E-state index in [4.69, 9.17) is 0 Å².